The largest absolute Gasteiger partial charge is 0.375 e. The van der Waals surface area contributed by atoms with E-state index in [0.29, 0.717) is 17.4 Å². The molecule has 0 saturated heterocycles. The molecule has 0 aliphatic carbocycles. The molecule has 4 rings (SSSR count). The smallest absolute Gasteiger partial charge is 0.244 e. The van der Waals surface area contributed by atoms with Gasteiger partial charge in [0.15, 0.2) is 5.13 Å². The molecule has 4 aromatic rings. The lowest BCUT2D eigenvalue weighted by Gasteiger charge is -2.23. The van der Waals surface area contributed by atoms with E-state index in [4.69, 9.17) is 5.73 Å². The number of aromatic nitrogens is 1. The lowest BCUT2D eigenvalue weighted by Crippen LogP contribution is -2.38. The van der Waals surface area contributed by atoms with Crippen molar-refractivity contribution >= 4 is 45.3 Å². The molecule has 0 saturated carbocycles. The molecular weight excluding hydrogens is 452 g/mol. The summed E-state index contributed by atoms with van der Waals surface area (Å²) in [5.41, 5.74) is 11.2. The van der Waals surface area contributed by atoms with Crippen molar-refractivity contribution < 1.29 is 9.59 Å². The highest BCUT2D eigenvalue weighted by atomic mass is 32.1. The summed E-state index contributed by atoms with van der Waals surface area (Å²) in [6, 6.07) is 17.3. The molecule has 168 valence electrons. The minimum absolute atomic E-state index is 0.0261. The third kappa shape index (κ3) is 6.06. The number of nitrogens with one attached hydrogen (secondary N) is 1. The van der Waals surface area contributed by atoms with Gasteiger partial charge in [-0.15, -0.1) is 11.3 Å². The Bertz CT molecular complexity index is 1230. The van der Waals surface area contributed by atoms with Crippen LogP contribution >= 0.6 is 22.7 Å². The predicted molar refractivity (Wildman–Crippen MR) is 135 cm³/mol. The van der Waals surface area contributed by atoms with Crippen LogP contribution in [0, 0.1) is 6.92 Å². The molecule has 0 bridgehead atoms. The van der Waals surface area contributed by atoms with Crippen molar-refractivity contribution in [1.29, 1.82) is 0 Å². The zero-order chi connectivity index (χ0) is 23.2. The van der Waals surface area contributed by atoms with Gasteiger partial charge in [-0.25, -0.2) is 4.98 Å². The number of hydrogen-bond donors (Lipinski definition) is 2. The summed E-state index contributed by atoms with van der Waals surface area (Å²) in [4.78, 5) is 31.8. The Hall–Kier alpha value is -3.49. The quantitative estimate of drug-likeness (QED) is 0.376. The standard InChI is InChI=1S/C25H24N4O2S2/c1-17-4-2-3-5-20(17)13-29(24(31)12-18-10-11-32-15-18)14-23(30)27-21-8-6-19(7-9-21)22-16-33-25(26)28-22/h2-11,15-16H,12-14H2,1H3,(H2,26,28)(H,27,30). The van der Waals surface area contributed by atoms with Gasteiger partial charge in [0.1, 0.15) is 6.54 Å². The van der Waals surface area contributed by atoms with E-state index < -0.39 is 0 Å². The van der Waals surface area contributed by atoms with Crippen LogP contribution in [0.15, 0.2) is 70.7 Å². The first-order valence-electron chi connectivity index (χ1n) is 10.4. The number of thiazole rings is 1. The Kier molecular flexibility index (Phi) is 7.16. The van der Waals surface area contributed by atoms with E-state index in [1.807, 2.05) is 77.7 Å². The molecule has 6 nitrogen and oxygen atoms in total. The molecule has 2 heterocycles. The Morgan fingerprint density at radius 2 is 1.85 bits per heavy atom. The van der Waals surface area contributed by atoms with Crippen molar-refractivity contribution in [1.82, 2.24) is 9.88 Å². The third-order valence-corrected chi connectivity index (χ3v) is 6.64. The molecule has 2 aromatic carbocycles. The summed E-state index contributed by atoms with van der Waals surface area (Å²) >= 11 is 2.94. The van der Waals surface area contributed by atoms with Gasteiger partial charge in [-0.1, -0.05) is 36.4 Å². The molecule has 0 aliphatic rings. The number of hydrogen-bond acceptors (Lipinski definition) is 6. The summed E-state index contributed by atoms with van der Waals surface area (Å²) in [5.74, 6) is -0.323. The first-order chi connectivity index (χ1) is 16.0. The first kappa shape index (κ1) is 22.7. The number of thiophene rings is 1. The number of rotatable bonds is 8. The number of aryl methyl sites for hydroxylation is 1. The minimum atomic E-state index is -0.243. The van der Waals surface area contributed by atoms with Crippen molar-refractivity contribution in [2.75, 3.05) is 17.6 Å². The molecule has 33 heavy (non-hydrogen) atoms. The average molecular weight is 477 g/mol. The summed E-state index contributed by atoms with van der Waals surface area (Å²) in [7, 11) is 0. The monoisotopic (exact) mass is 476 g/mol. The maximum Gasteiger partial charge on any atom is 0.244 e. The fourth-order valence-electron chi connectivity index (χ4n) is 3.42. The Balaban J connectivity index is 1.44. The Morgan fingerprint density at radius 1 is 1.06 bits per heavy atom. The van der Waals surface area contributed by atoms with Crippen molar-refractivity contribution in [3.63, 3.8) is 0 Å². The Morgan fingerprint density at radius 3 is 2.52 bits per heavy atom. The van der Waals surface area contributed by atoms with Crippen molar-refractivity contribution in [3.05, 3.63) is 87.4 Å². The van der Waals surface area contributed by atoms with Crippen LogP contribution < -0.4 is 11.1 Å². The van der Waals surface area contributed by atoms with E-state index >= 15 is 0 Å². The molecule has 2 amide bonds. The van der Waals surface area contributed by atoms with Crippen LogP contribution in [0.2, 0.25) is 0 Å². The number of anilines is 2. The molecular formula is C25H24N4O2S2. The molecule has 0 radical (unpaired) electrons. The second-order valence-corrected chi connectivity index (χ2v) is 9.35. The fraction of sp³-hybridized carbons (Fsp3) is 0.160. The number of carbonyl (C=O) groups is 2. The van der Waals surface area contributed by atoms with Crippen LogP contribution in [0.1, 0.15) is 16.7 Å². The third-order valence-electron chi connectivity index (χ3n) is 5.23. The van der Waals surface area contributed by atoms with E-state index in [1.54, 1.807) is 16.2 Å². The fourth-order valence-corrected chi connectivity index (χ4v) is 4.66. The maximum atomic E-state index is 13.1. The van der Waals surface area contributed by atoms with Crippen molar-refractivity contribution in [3.8, 4) is 11.3 Å². The van der Waals surface area contributed by atoms with Gasteiger partial charge in [0.05, 0.1) is 12.1 Å². The summed E-state index contributed by atoms with van der Waals surface area (Å²) in [6.07, 6.45) is 0.272. The summed E-state index contributed by atoms with van der Waals surface area (Å²) in [6.45, 7) is 2.36. The van der Waals surface area contributed by atoms with Crippen LogP contribution in [0.4, 0.5) is 10.8 Å². The molecule has 0 unspecified atom stereocenters. The lowest BCUT2D eigenvalue weighted by atomic mass is 10.1. The second kappa shape index (κ2) is 10.4. The minimum Gasteiger partial charge on any atom is -0.375 e. The number of benzene rings is 2. The van der Waals surface area contributed by atoms with Gasteiger partial charge in [-0.3, -0.25) is 9.59 Å². The number of carbonyl (C=O) groups excluding carboxylic acids is 2. The number of nitrogen functional groups attached to an aromatic ring is 1. The topological polar surface area (TPSA) is 88.3 Å². The number of nitrogens with zero attached hydrogens (tertiary/aromatic N) is 2. The van der Waals surface area contributed by atoms with Crippen LogP contribution in [0.3, 0.4) is 0 Å². The SMILES string of the molecule is Cc1ccccc1CN(CC(=O)Nc1ccc(-c2csc(N)n2)cc1)C(=O)Cc1ccsc1. The number of amides is 2. The molecule has 0 fully saturated rings. The predicted octanol–water partition coefficient (Wildman–Crippen LogP) is 4.97. The van der Waals surface area contributed by atoms with Gasteiger partial charge >= 0.3 is 0 Å². The second-order valence-electron chi connectivity index (χ2n) is 7.68. The zero-order valence-corrected chi connectivity index (χ0v) is 19.8. The normalized spacial score (nSPS) is 10.7. The van der Waals surface area contributed by atoms with Crippen molar-refractivity contribution in [2.45, 2.75) is 19.9 Å². The van der Waals surface area contributed by atoms with Crippen LogP contribution in [0.5, 0.6) is 0 Å². The van der Waals surface area contributed by atoms with E-state index in [9.17, 15) is 9.59 Å². The Labute approximate surface area is 200 Å². The molecule has 3 N–H and O–H groups in total. The van der Waals surface area contributed by atoms with Gasteiger partial charge in [-0.2, -0.15) is 11.3 Å². The van der Waals surface area contributed by atoms with Gasteiger partial charge in [-0.05, 0) is 52.6 Å². The lowest BCUT2D eigenvalue weighted by molar-refractivity contribution is -0.134. The molecule has 0 atom stereocenters. The van der Waals surface area contributed by atoms with Gasteiger partial charge < -0.3 is 16.0 Å². The number of nitrogens with two attached hydrogens (primary N) is 1. The van der Waals surface area contributed by atoms with Crippen LogP contribution in [-0.2, 0) is 22.6 Å². The highest BCUT2D eigenvalue weighted by molar-refractivity contribution is 7.13. The summed E-state index contributed by atoms with van der Waals surface area (Å²) in [5, 5.41) is 9.22. The van der Waals surface area contributed by atoms with E-state index in [0.717, 1.165) is 27.9 Å². The van der Waals surface area contributed by atoms with Crippen LogP contribution in [0.25, 0.3) is 11.3 Å². The van der Waals surface area contributed by atoms with E-state index in [1.165, 1.54) is 11.3 Å². The first-order valence-corrected chi connectivity index (χ1v) is 12.2. The molecule has 0 spiro atoms. The highest BCUT2D eigenvalue weighted by Gasteiger charge is 2.19. The van der Waals surface area contributed by atoms with Crippen LogP contribution in [-0.4, -0.2) is 28.2 Å². The van der Waals surface area contributed by atoms with E-state index in [2.05, 4.69) is 10.3 Å². The van der Waals surface area contributed by atoms with Gasteiger partial charge in [0.25, 0.3) is 0 Å². The summed E-state index contributed by atoms with van der Waals surface area (Å²) < 4.78 is 0. The average Bonchev–Trinajstić information content (AvgIpc) is 3.47. The molecule has 8 heteroatoms. The highest BCUT2D eigenvalue weighted by Crippen LogP contribution is 2.24. The van der Waals surface area contributed by atoms with Gasteiger partial charge in [0.2, 0.25) is 11.8 Å². The van der Waals surface area contributed by atoms with E-state index in [-0.39, 0.29) is 24.8 Å². The zero-order valence-electron chi connectivity index (χ0n) is 18.2. The van der Waals surface area contributed by atoms with Gasteiger partial charge in [0, 0.05) is 23.2 Å². The molecule has 2 aromatic heterocycles. The van der Waals surface area contributed by atoms with Crippen molar-refractivity contribution in [2.24, 2.45) is 0 Å². The maximum absolute atomic E-state index is 13.1. The molecule has 0 aliphatic heterocycles.